The molecular weight excluding hydrogens is 282 g/mol. The fourth-order valence-corrected chi connectivity index (χ4v) is 2.23. The summed E-state index contributed by atoms with van der Waals surface area (Å²) in [5.41, 5.74) is 3.28. The Morgan fingerprint density at radius 1 is 1.05 bits per heavy atom. The lowest BCUT2D eigenvalue weighted by Gasteiger charge is -2.15. The summed E-state index contributed by atoms with van der Waals surface area (Å²) >= 11 is 6.15. The first-order valence-electron chi connectivity index (χ1n) is 6.56. The third kappa shape index (κ3) is 3.83. The predicted octanol–water partition coefficient (Wildman–Crippen LogP) is 3.93. The van der Waals surface area contributed by atoms with Crippen LogP contribution in [0.2, 0.25) is 5.02 Å². The molecule has 0 aliphatic rings. The van der Waals surface area contributed by atoms with Gasteiger partial charge < -0.3 is 5.32 Å². The van der Waals surface area contributed by atoms with E-state index < -0.39 is 0 Å². The molecule has 0 amide bonds. The van der Waals surface area contributed by atoms with Crippen LogP contribution in [0.25, 0.3) is 0 Å². The van der Waals surface area contributed by atoms with E-state index in [9.17, 15) is 0 Å². The van der Waals surface area contributed by atoms with Crippen LogP contribution in [0.1, 0.15) is 35.2 Å². The smallest absolute Gasteiger partial charge is 0.0992 e. The quantitative estimate of drug-likeness (QED) is 0.929. The topological polar surface area (TPSA) is 59.6 Å². The fraction of sp³-hybridized carbons (Fsp3) is 0.176. The molecule has 0 radical (unpaired) electrons. The van der Waals surface area contributed by atoms with Gasteiger partial charge in [0.15, 0.2) is 0 Å². The molecule has 2 rings (SSSR count). The Balaban J connectivity index is 2.02. The Kier molecular flexibility index (Phi) is 4.95. The highest BCUT2D eigenvalue weighted by Gasteiger charge is 2.07. The molecule has 0 saturated carbocycles. The average Bonchev–Trinajstić information content (AvgIpc) is 2.53. The first kappa shape index (κ1) is 15.1. The zero-order chi connectivity index (χ0) is 15.2. The van der Waals surface area contributed by atoms with Crippen molar-refractivity contribution >= 4 is 11.6 Å². The summed E-state index contributed by atoms with van der Waals surface area (Å²) in [7, 11) is 0. The van der Waals surface area contributed by atoms with E-state index in [2.05, 4.69) is 24.4 Å². The number of nitriles is 2. The normalized spacial score (nSPS) is 11.4. The van der Waals surface area contributed by atoms with Crippen LogP contribution in [0.4, 0.5) is 0 Å². The molecule has 3 nitrogen and oxygen atoms in total. The van der Waals surface area contributed by atoms with Crippen LogP contribution in [-0.2, 0) is 6.54 Å². The lowest BCUT2D eigenvalue weighted by molar-refractivity contribution is 0.575. The van der Waals surface area contributed by atoms with Crippen LogP contribution in [0.5, 0.6) is 0 Å². The number of halogens is 1. The highest BCUT2D eigenvalue weighted by atomic mass is 35.5. The molecule has 0 spiro atoms. The number of rotatable bonds is 4. The van der Waals surface area contributed by atoms with Crippen molar-refractivity contribution in [2.75, 3.05) is 0 Å². The molecule has 2 aromatic rings. The molecule has 1 atom stereocenters. The zero-order valence-electron chi connectivity index (χ0n) is 11.6. The standard InChI is InChI=1S/C17H14ClN3/c1-12(15-5-2-13(9-19)3-6-15)21-11-16-7-4-14(10-20)8-17(16)18/h2-8,12,21H,11H2,1H3. The summed E-state index contributed by atoms with van der Waals surface area (Å²) < 4.78 is 0. The Morgan fingerprint density at radius 3 is 2.24 bits per heavy atom. The maximum atomic E-state index is 8.82. The summed E-state index contributed by atoms with van der Waals surface area (Å²) in [6.45, 7) is 2.67. The van der Waals surface area contributed by atoms with Crippen molar-refractivity contribution in [1.29, 1.82) is 10.5 Å². The van der Waals surface area contributed by atoms with Gasteiger partial charge in [0.25, 0.3) is 0 Å². The second-order valence-corrected chi connectivity index (χ2v) is 5.16. The molecular formula is C17H14ClN3. The molecule has 21 heavy (non-hydrogen) atoms. The summed E-state index contributed by atoms with van der Waals surface area (Å²) in [5.74, 6) is 0. The zero-order valence-corrected chi connectivity index (χ0v) is 12.4. The number of nitrogens with one attached hydrogen (secondary N) is 1. The number of benzene rings is 2. The Hall–Kier alpha value is -2.33. The second kappa shape index (κ2) is 6.90. The summed E-state index contributed by atoms with van der Waals surface area (Å²) in [5, 5.41) is 21.6. The molecule has 1 N–H and O–H groups in total. The van der Waals surface area contributed by atoms with E-state index in [0.29, 0.717) is 22.7 Å². The van der Waals surface area contributed by atoms with Gasteiger partial charge in [-0.25, -0.2) is 0 Å². The molecule has 0 bridgehead atoms. The fourth-order valence-electron chi connectivity index (χ4n) is 1.99. The van der Waals surface area contributed by atoms with Crippen LogP contribution in [0, 0.1) is 22.7 Å². The molecule has 4 heteroatoms. The second-order valence-electron chi connectivity index (χ2n) is 4.75. The predicted molar refractivity (Wildman–Crippen MR) is 82.6 cm³/mol. The molecule has 1 unspecified atom stereocenters. The van der Waals surface area contributed by atoms with Crippen molar-refractivity contribution in [3.63, 3.8) is 0 Å². The Morgan fingerprint density at radius 2 is 1.67 bits per heavy atom. The molecule has 0 heterocycles. The molecule has 0 aliphatic carbocycles. The van der Waals surface area contributed by atoms with Crippen molar-refractivity contribution in [2.24, 2.45) is 0 Å². The first-order chi connectivity index (χ1) is 10.1. The van der Waals surface area contributed by atoms with Gasteiger partial charge in [0.1, 0.15) is 0 Å². The minimum Gasteiger partial charge on any atom is -0.306 e. The van der Waals surface area contributed by atoms with Gasteiger partial charge in [-0.2, -0.15) is 10.5 Å². The van der Waals surface area contributed by atoms with Gasteiger partial charge in [0, 0.05) is 17.6 Å². The molecule has 0 saturated heterocycles. The molecule has 0 aromatic heterocycles. The van der Waals surface area contributed by atoms with Crippen LogP contribution >= 0.6 is 11.6 Å². The molecule has 2 aromatic carbocycles. The average molecular weight is 296 g/mol. The molecule has 0 fully saturated rings. The van der Waals surface area contributed by atoms with Gasteiger partial charge in [-0.3, -0.25) is 0 Å². The minimum atomic E-state index is 0.143. The Bertz CT molecular complexity index is 708. The largest absolute Gasteiger partial charge is 0.306 e. The highest BCUT2D eigenvalue weighted by Crippen LogP contribution is 2.19. The highest BCUT2D eigenvalue weighted by molar-refractivity contribution is 6.31. The van der Waals surface area contributed by atoms with Gasteiger partial charge >= 0.3 is 0 Å². The molecule has 0 aliphatic heterocycles. The van der Waals surface area contributed by atoms with Crippen molar-refractivity contribution < 1.29 is 0 Å². The van der Waals surface area contributed by atoms with E-state index in [-0.39, 0.29) is 6.04 Å². The lowest BCUT2D eigenvalue weighted by atomic mass is 10.1. The number of hydrogen-bond acceptors (Lipinski definition) is 3. The van der Waals surface area contributed by atoms with E-state index >= 15 is 0 Å². The van der Waals surface area contributed by atoms with Gasteiger partial charge in [0.2, 0.25) is 0 Å². The van der Waals surface area contributed by atoms with Gasteiger partial charge in [-0.15, -0.1) is 0 Å². The van der Waals surface area contributed by atoms with E-state index in [0.717, 1.165) is 11.1 Å². The van der Waals surface area contributed by atoms with Crippen molar-refractivity contribution in [3.8, 4) is 12.1 Å². The van der Waals surface area contributed by atoms with E-state index in [4.69, 9.17) is 22.1 Å². The van der Waals surface area contributed by atoms with Gasteiger partial charge in [-0.1, -0.05) is 29.8 Å². The SMILES string of the molecule is CC(NCc1ccc(C#N)cc1Cl)c1ccc(C#N)cc1. The number of nitrogens with zero attached hydrogens (tertiary/aromatic N) is 2. The van der Waals surface area contributed by atoms with Crippen LogP contribution < -0.4 is 5.32 Å². The van der Waals surface area contributed by atoms with Crippen molar-refractivity contribution in [2.45, 2.75) is 19.5 Å². The van der Waals surface area contributed by atoms with Crippen molar-refractivity contribution in [1.82, 2.24) is 5.32 Å². The summed E-state index contributed by atoms with van der Waals surface area (Å²) in [6.07, 6.45) is 0. The van der Waals surface area contributed by atoms with Crippen LogP contribution in [0.15, 0.2) is 42.5 Å². The maximum Gasteiger partial charge on any atom is 0.0992 e. The van der Waals surface area contributed by atoms with Crippen molar-refractivity contribution in [3.05, 3.63) is 69.7 Å². The van der Waals surface area contributed by atoms with E-state index in [1.807, 2.05) is 30.3 Å². The summed E-state index contributed by atoms with van der Waals surface area (Å²) in [6, 6.07) is 17.1. The van der Waals surface area contributed by atoms with Crippen LogP contribution in [0.3, 0.4) is 0 Å². The lowest BCUT2D eigenvalue weighted by Crippen LogP contribution is -2.18. The van der Waals surface area contributed by atoms with Crippen LogP contribution in [-0.4, -0.2) is 0 Å². The third-order valence-corrected chi connectivity index (χ3v) is 3.67. The van der Waals surface area contributed by atoms with E-state index in [1.165, 1.54) is 0 Å². The summed E-state index contributed by atoms with van der Waals surface area (Å²) in [4.78, 5) is 0. The third-order valence-electron chi connectivity index (χ3n) is 3.32. The van der Waals surface area contributed by atoms with Gasteiger partial charge in [-0.05, 0) is 42.3 Å². The minimum absolute atomic E-state index is 0.143. The van der Waals surface area contributed by atoms with E-state index in [1.54, 1.807) is 12.1 Å². The number of hydrogen-bond donors (Lipinski definition) is 1. The van der Waals surface area contributed by atoms with Gasteiger partial charge in [0.05, 0.1) is 23.3 Å². The Labute approximate surface area is 129 Å². The monoisotopic (exact) mass is 295 g/mol. The maximum absolute atomic E-state index is 8.82. The first-order valence-corrected chi connectivity index (χ1v) is 6.94. The molecule has 104 valence electrons.